The number of nitrogens with zero attached hydrogens (tertiary/aromatic N) is 4. The molecule has 0 aliphatic rings. The van der Waals surface area contributed by atoms with Gasteiger partial charge in [-0.2, -0.15) is 4.98 Å². The Bertz CT molecular complexity index is 835. The van der Waals surface area contributed by atoms with E-state index in [0.717, 1.165) is 12.0 Å². The molecule has 0 amide bonds. The molecule has 0 saturated heterocycles. The standard InChI is InChI=1S/C15H15FN4O3/c1-2-3-12-17-14(22-18-12)9-20-13(19-23-15(20)21)8-10-4-6-11(16)7-5-10/h4-7H,2-3,8-9H2,1H3. The van der Waals surface area contributed by atoms with Gasteiger partial charge in [0.1, 0.15) is 12.4 Å². The van der Waals surface area contributed by atoms with Crippen molar-refractivity contribution in [2.24, 2.45) is 0 Å². The number of aromatic nitrogens is 4. The molecule has 0 aliphatic carbocycles. The maximum absolute atomic E-state index is 12.9. The smallest absolute Gasteiger partial charge is 0.337 e. The predicted octanol–water partition coefficient (Wildman–Crippen LogP) is 1.95. The minimum absolute atomic E-state index is 0.0928. The summed E-state index contributed by atoms with van der Waals surface area (Å²) >= 11 is 0. The third-order valence-electron chi connectivity index (χ3n) is 3.31. The summed E-state index contributed by atoms with van der Waals surface area (Å²) in [6.45, 7) is 2.11. The molecule has 3 aromatic rings. The Morgan fingerprint density at radius 2 is 1.96 bits per heavy atom. The summed E-state index contributed by atoms with van der Waals surface area (Å²) in [5.74, 6) is 0.418. The highest BCUT2D eigenvalue weighted by atomic mass is 19.1. The van der Waals surface area contributed by atoms with Crippen LogP contribution >= 0.6 is 0 Å². The van der Waals surface area contributed by atoms with E-state index in [0.29, 0.717) is 30.4 Å². The monoisotopic (exact) mass is 318 g/mol. The van der Waals surface area contributed by atoms with Crippen molar-refractivity contribution < 1.29 is 13.4 Å². The lowest BCUT2D eigenvalue weighted by atomic mass is 10.1. The van der Waals surface area contributed by atoms with E-state index in [2.05, 4.69) is 15.3 Å². The molecule has 23 heavy (non-hydrogen) atoms. The van der Waals surface area contributed by atoms with Crippen molar-refractivity contribution in [3.63, 3.8) is 0 Å². The molecule has 0 N–H and O–H groups in total. The first-order valence-electron chi connectivity index (χ1n) is 7.27. The summed E-state index contributed by atoms with van der Waals surface area (Å²) in [5.41, 5.74) is 0.811. The Hall–Kier alpha value is -2.77. The fourth-order valence-electron chi connectivity index (χ4n) is 2.18. The molecule has 3 rings (SSSR count). The van der Waals surface area contributed by atoms with Gasteiger partial charge in [-0.1, -0.05) is 29.4 Å². The summed E-state index contributed by atoms with van der Waals surface area (Å²) in [4.78, 5) is 16.0. The minimum atomic E-state index is -0.600. The first-order chi connectivity index (χ1) is 11.2. The molecule has 2 aromatic heterocycles. The molecule has 1 aromatic carbocycles. The van der Waals surface area contributed by atoms with Gasteiger partial charge < -0.3 is 4.52 Å². The largest absolute Gasteiger partial charge is 0.442 e. The SMILES string of the molecule is CCCc1noc(Cn2c(Cc3ccc(F)cc3)noc2=O)n1. The molecule has 0 saturated carbocycles. The van der Waals surface area contributed by atoms with Crippen LogP contribution in [-0.4, -0.2) is 19.9 Å². The van der Waals surface area contributed by atoms with Crippen LogP contribution in [0.15, 0.2) is 38.1 Å². The summed E-state index contributed by atoms with van der Waals surface area (Å²) < 4.78 is 24.1. The average molecular weight is 318 g/mol. The second-order valence-electron chi connectivity index (χ2n) is 5.11. The van der Waals surface area contributed by atoms with Gasteiger partial charge >= 0.3 is 5.76 Å². The third kappa shape index (κ3) is 3.53. The zero-order valence-corrected chi connectivity index (χ0v) is 12.5. The topological polar surface area (TPSA) is 87.0 Å². The highest BCUT2D eigenvalue weighted by Crippen LogP contribution is 2.09. The van der Waals surface area contributed by atoms with Crippen LogP contribution in [0.2, 0.25) is 0 Å². The third-order valence-corrected chi connectivity index (χ3v) is 3.31. The Labute approximate surface area is 130 Å². The zero-order valence-electron chi connectivity index (χ0n) is 12.5. The first kappa shape index (κ1) is 15.1. The zero-order chi connectivity index (χ0) is 16.2. The maximum Gasteiger partial charge on any atom is 0.442 e. The van der Waals surface area contributed by atoms with Crippen molar-refractivity contribution >= 4 is 0 Å². The fourth-order valence-corrected chi connectivity index (χ4v) is 2.18. The van der Waals surface area contributed by atoms with Gasteiger partial charge in [-0.3, -0.25) is 9.09 Å². The van der Waals surface area contributed by atoms with E-state index in [1.165, 1.54) is 16.7 Å². The summed E-state index contributed by atoms with van der Waals surface area (Å²) in [7, 11) is 0. The molecule has 0 fully saturated rings. The lowest BCUT2D eigenvalue weighted by Crippen LogP contribution is -2.18. The normalized spacial score (nSPS) is 11.0. The molecule has 2 heterocycles. The number of aryl methyl sites for hydroxylation is 1. The fraction of sp³-hybridized carbons (Fsp3) is 0.333. The second kappa shape index (κ2) is 6.55. The van der Waals surface area contributed by atoms with Crippen molar-refractivity contribution in [2.75, 3.05) is 0 Å². The molecule has 7 nitrogen and oxygen atoms in total. The number of rotatable bonds is 6. The van der Waals surface area contributed by atoms with Crippen LogP contribution in [0.4, 0.5) is 4.39 Å². The quantitative estimate of drug-likeness (QED) is 0.690. The Morgan fingerprint density at radius 3 is 2.70 bits per heavy atom. The average Bonchev–Trinajstić information content (AvgIpc) is 3.12. The van der Waals surface area contributed by atoms with E-state index >= 15 is 0 Å². The van der Waals surface area contributed by atoms with Gasteiger partial charge in [0.05, 0.1) is 0 Å². The minimum Gasteiger partial charge on any atom is -0.337 e. The Morgan fingerprint density at radius 1 is 1.17 bits per heavy atom. The summed E-state index contributed by atoms with van der Waals surface area (Å²) in [6, 6.07) is 5.97. The molecule has 0 unspecified atom stereocenters. The Kier molecular flexibility index (Phi) is 4.31. The van der Waals surface area contributed by atoms with Gasteiger partial charge in [0.15, 0.2) is 11.6 Å². The van der Waals surface area contributed by atoms with Crippen LogP contribution in [0.1, 0.15) is 36.4 Å². The highest BCUT2D eigenvalue weighted by molar-refractivity contribution is 5.19. The lowest BCUT2D eigenvalue weighted by molar-refractivity contribution is 0.351. The van der Waals surface area contributed by atoms with Crippen molar-refractivity contribution in [3.8, 4) is 0 Å². The molecular weight excluding hydrogens is 303 g/mol. The molecule has 0 bridgehead atoms. The van der Waals surface area contributed by atoms with E-state index in [9.17, 15) is 9.18 Å². The van der Waals surface area contributed by atoms with Crippen LogP contribution in [0.3, 0.4) is 0 Å². The molecule has 0 aliphatic heterocycles. The van der Waals surface area contributed by atoms with E-state index in [-0.39, 0.29) is 12.4 Å². The molecule has 0 spiro atoms. The van der Waals surface area contributed by atoms with E-state index < -0.39 is 5.76 Å². The van der Waals surface area contributed by atoms with Crippen LogP contribution in [0.5, 0.6) is 0 Å². The van der Waals surface area contributed by atoms with Gasteiger partial charge in [-0.15, -0.1) is 0 Å². The molecule has 0 atom stereocenters. The number of benzene rings is 1. The van der Waals surface area contributed by atoms with Crippen LogP contribution in [-0.2, 0) is 19.4 Å². The second-order valence-corrected chi connectivity index (χ2v) is 5.11. The lowest BCUT2D eigenvalue weighted by Gasteiger charge is -2.02. The van der Waals surface area contributed by atoms with Crippen molar-refractivity contribution in [2.45, 2.75) is 32.7 Å². The number of halogens is 1. The highest BCUT2D eigenvalue weighted by Gasteiger charge is 2.15. The van der Waals surface area contributed by atoms with Gasteiger partial charge in [0.2, 0.25) is 5.89 Å². The molecular formula is C15H15FN4O3. The Balaban J connectivity index is 1.80. The van der Waals surface area contributed by atoms with Gasteiger partial charge in [-0.25, -0.2) is 9.18 Å². The predicted molar refractivity (Wildman–Crippen MR) is 77.4 cm³/mol. The van der Waals surface area contributed by atoms with E-state index in [1.807, 2.05) is 6.92 Å². The molecule has 8 heteroatoms. The van der Waals surface area contributed by atoms with Crippen LogP contribution < -0.4 is 5.76 Å². The van der Waals surface area contributed by atoms with Gasteiger partial charge in [0, 0.05) is 12.8 Å². The molecule has 0 radical (unpaired) electrons. The number of hydrogen-bond donors (Lipinski definition) is 0. The van der Waals surface area contributed by atoms with Crippen molar-refractivity contribution in [1.29, 1.82) is 0 Å². The summed E-state index contributed by atoms with van der Waals surface area (Å²) in [5, 5.41) is 7.61. The van der Waals surface area contributed by atoms with Crippen LogP contribution in [0, 0.1) is 5.82 Å². The maximum atomic E-state index is 12.9. The first-order valence-corrected chi connectivity index (χ1v) is 7.27. The molecule has 120 valence electrons. The van der Waals surface area contributed by atoms with Gasteiger partial charge in [0.25, 0.3) is 0 Å². The van der Waals surface area contributed by atoms with Crippen molar-refractivity contribution in [3.05, 3.63) is 63.7 Å². The van der Waals surface area contributed by atoms with Gasteiger partial charge in [-0.05, 0) is 24.1 Å². The van der Waals surface area contributed by atoms with Crippen LogP contribution in [0.25, 0.3) is 0 Å². The van der Waals surface area contributed by atoms with Crippen molar-refractivity contribution in [1.82, 2.24) is 19.9 Å². The number of hydrogen-bond acceptors (Lipinski definition) is 6. The van der Waals surface area contributed by atoms with E-state index in [4.69, 9.17) is 9.05 Å². The summed E-state index contributed by atoms with van der Waals surface area (Å²) in [6.07, 6.45) is 1.95. The van der Waals surface area contributed by atoms with E-state index in [1.54, 1.807) is 12.1 Å².